The number of fused-ring (bicyclic) bond motifs is 1. The van der Waals surface area contributed by atoms with Gasteiger partial charge in [0.25, 0.3) is 0 Å². The second-order valence-corrected chi connectivity index (χ2v) is 5.08. The normalized spacial score (nSPS) is 10.7. The minimum Gasteiger partial charge on any atom is -0.453 e. The third-order valence-corrected chi connectivity index (χ3v) is 3.41. The molecule has 0 atom stereocenters. The molecule has 2 aromatic carbocycles. The average molecular weight is 305 g/mol. The van der Waals surface area contributed by atoms with Crippen molar-refractivity contribution in [3.05, 3.63) is 58.7 Å². The Hall–Kier alpha value is -1.97. The van der Waals surface area contributed by atoms with Crippen molar-refractivity contribution >= 4 is 39.8 Å². The van der Waals surface area contributed by atoms with Crippen molar-refractivity contribution in [2.24, 2.45) is 0 Å². The molecule has 0 radical (unpaired) electrons. The molecular formula is C15H10Cl2N2O. The number of pyridine rings is 1. The molecule has 3 nitrogen and oxygen atoms in total. The van der Waals surface area contributed by atoms with Crippen LogP contribution in [0.5, 0.6) is 11.5 Å². The summed E-state index contributed by atoms with van der Waals surface area (Å²) < 4.78 is 5.85. The zero-order valence-corrected chi connectivity index (χ0v) is 11.8. The molecule has 0 saturated heterocycles. The Morgan fingerprint density at radius 2 is 1.85 bits per heavy atom. The Balaban J connectivity index is 2.15. The number of nitrogens with two attached hydrogens (primary N) is 1. The lowest BCUT2D eigenvalue weighted by Gasteiger charge is -2.12. The third-order valence-electron chi connectivity index (χ3n) is 2.86. The smallest absolute Gasteiger partial charge is 0.161 e. The lowest BCUT2D eigenvalue weighted by Crippen LogP contribution is -1.95. The highest BCUT2D eigenvalue weighted by Gasteiger charge is 2.11. The first-order chi connectivity index (χ1) is 9.65. The summed E-state index contributed by atoms with van der Waals surface area (Å²) in [5.41, 5.74) is 7.20. The lowest BCUT2D eigenvalue weighted by atomic mass is 10.2. The van der Waals surface area contributed by atoms with E-state index < -0.39 is 0 Å². The van der Waals surface area contributed by atoms with Crippen LogP contribution < -0.4 is 10.5 Å². The van der Waals surface area contributed by atoms with Gasteiger partial charge in [0.1, 0.15) is 5.75 Å². The first-order valence-corrected chi connectivity index (χ1v) is 6.67. The third kappa shape index (κ3) is 2.38. The topological polar surface area (TPSA) is 48.1 Å². The molecule has 0 aliphatic carbocycles. The van der Waals surface area contributed by atoms with Crippen LogP contribution in [0.25, 0.3) is 10.9 Å². The number of nitrogens with zero attached hydrogens (tertiary/aromatic N) is 1. The Labute approximate surface area is 125 Å². The molecule has 0 aliphatic heterocycles. The Bertz CT molecular complexity index is 790. The maximum atomic E-state index is 6.11. The van der Waals surface area contributed by atoms with Gasteiger partial charge in [-0.15, -0.1) is 0 Å². The van der Waals surface area contributed by atoms with Crippen LogP contribution in [0.15, 0.2) is 48.7 Å². The first kappa shape index (κ1) is 13.0. The maximum absolute atomic E-state index is 6.11. The number of rotatable bonds is 2. The van der Waals surface area contributed by atoms with Gasteiger partial charge in [0, 0.05) is 16.5 Å². The summed E-state index contributed by atoms with van der Waals surface area (Å²) in [6.07, 6.45) is 1.57. The summed E-state index contributed by atoms with van der Waals surface area (Å²) in [7, 11) is 0. The first-order valence-electron chi connectivity index (χ1n) is 5.91. The average Bonchev–Trinajstić information content (AvgIpc) is 2.46. The van der Waals surface area contributed by atoms with Crippen LogP contribution in [0.1, 0.15) is 0 Å². The van der Waals surface area contributed by atoms with Crippen LogP contribution in [0, 0.1) is 0 Å². The minimum absolute atomic E-state index is 0.444. The molecule has 2 N–H and O–H groups in total. The number of nitrogen functional groups attached to an aromatic ring is 1. The standard InChI is InChI=1S/C15H10Cl2N2O/c16-9-5-6-11(17)14(7-9)20-15-10-3-1-2-4-13(10)19-8-12(15)18/h1-8H,18H2. The Morgan fingerprint density at radius 1 is 1.05 bits per heavy atom. The predicted molar refractivity (Wildman–Crippen MR) is 82.7 cm³/mol. The van der Waals surface area contributed by atoms with Crippen LogP contribution >= 0.6 is 23.2 Å². The van der Waals surface area contributed by atoms with Crippen LogP contribution in [0.4, 0.5) is 5.69 Å². The highest BCUT2D eigenvalue weighted by atomic mass is 35.5. The number of anilines is 1. The van der Waals surface area contributed by atoms with E-state index in [9.17, 15) is 0 Å². The van der Waals surface area contributed by atoms with Crippen molar-refractivity contribution in [3.63, 3.8) is 0 Å². The number of aromatic nitrogens is 1. The van der Waals surface area contributed by atoms with Crippen LogP contribution in [-0.4, -0.2) is 4.98 Å². The van der Waals surface area contributed by atoms with E-state index in [4.69, 9.17) is 33.7 Å². The maximum Gasteiger partial charge on any atom is 0.161 e. The number of benzene rings is 2. The predicted octanol–water partition coefficient (Wildman–Crippen LogP) is 4.92. The molecule has 3 aromatic rings. The van der Waals surface area contributed by atoms with E-state index in [-0.39, 0.29) is 0 Å². The van der Waals surface area contributed by atoms with Gasteiger partial charge in [-0.05, 0) is 24.3 Å². The second-order valence-electron chi connectivity index (χ2n) is 4.24. The highest BCUT2D eigenvalue weighted by Crippen LogP contribution is 2.37. The number of halogens is 2. The van der Waals surface area contributed by atoms with Crippen molar-refractivity contribution < 1.29 is 4.74 Å². The van der Waals surface area contributed by atoms with Crippen molar-refractivity contribution in [2.75, 3.05) is 5.73 Å². The number of ether oxygens (including phenoxy) is 1. The van der Waals surface area contributed by atoms with E-state index in [0.717, 1.165) is 10.9 Å². The highest BCUT2D eigenvalue weighted by molar-refractivity contribution is 6.34. The van der Waals surface area contributed by atoms with E-state index in [1.807, 2.05) is 24.3 Å². The monoisotopic (exact) mass is 304 g/mol. The SMILES string of the molecule is Nc1cnc2ccccc2c1Oc1cc(Cl)ccc1Cl. The quantitative estimate of drug-likeness (QED) is 0.731. The molecule has 100 valence electrons. The summed E-state index contributed by atoms with van der Waals surface area (Å²) in [4.78, 5) is 4.26. The number of hydrogen-bond donors (Lipinski definition) is 1. The summed E-state index contributed by atoms with van der Waals surface area (Å²) in [5.74, 6) is 0.988. The van der Waals surface area contributed by atoms with E-state index in [1.165, 1.54) is 0 Å². The van der Waals surface area contributed by atoms with Crippen LogP contribution in [0.3, 0.4) is 0 Å². The fourth-order valence-electron chi connectivity index (χ4n) is 1.91. The molecular weight excluding hydrogens is 295 g/mol. The van der Waals surface area contributed by atoms with E-state index in [1.54, 1.807) is 24.4 Å². The Kier molecular flexibility index (Phi) is 3.38. The minimum atomic E-state index is 0.444. The van der Waals surface area contributed by atoms with E-state index in [0.29, 0.717) is 27.2 Å². The molecule has 0 fully saturated rings. The fourth-order valence-corrected chi connectivity index (χ4v) is 2.23. The van der Waals surface area contributed by atoms with Gasteiger partial charge in [0.05, 0.1) is 22.4 Å². The molecule has 20 heavy (non-hydrogen) atoms. The Morgan fingerprint density at radius 3 is 2.70 bits per heavy atom. The molecule has 0 bridgehead atoms. The summed E-state index contributed by atoms with van der Waals surface area (Å²) in [6, 6.07) is 12.6. The zero-order chi connectivity index (χ0) is 14.1. The van der Waals surface area contributed by atoms with Crippen molar-refractivity contribution in [1.29, 1.82) is 0 Å². The van der Waals surface area contributed by atoms with Gasteiger partial charge in [-0.1, -0.05) is 35.3 Å². The van der Waals surface area contributed by atoms with Gasteiger partial charge >= 0.3 is 0 Å². The van der Waals surface area contributed by atoms with Gasteiger partial charge in [-0.3, -0.25) is 4.98 Å². The van der Waals surface area contributed by atoms with Gasteiger partial charge < -0.3 is 10.5 Å². The largest absolute Gasteiger partial charge is 0.453 e. The van der Waals surface area contributed by atoms with Gasteiger partial charge in [-0.2, -0.15) is 0 Å². The van der Waals surface area contributed by atoms with E-state index in [2.05, 4.69) is 4.98 Å². The summed E-state index contributed by atoms with van der Waals surface area (Å²) in [6.45, 7) is 0. The molecule has 0 saturated carbocycles. The molecule has 5 heteroatoms. The molecule has 0 unspecified atom stereocenters. The zero-order valence-electron chi connectivity index (χ0n) is 10.3. The molecule has 3 rings (SSSR count). The number of hydrogen-bond acceptors (Lipinski definition) is 3. The molecule has 1 heterocycles. The number of para-hydroxylation sites is 1. The van der Waals surface area contributed by atoms with Crippen molar-refractivity contribution in [2.45, 2.75) is 0 Å². The molecule has 0 spiro atoms. The molecule has 1 aromatic heterocycles. The second kappa shape index (κ2) is 5.19. The van der Waals surface area contributed by atoms with Gasteiger partial charge in [-0.25, -0.2) is 0 Å². The molecule has 0 aliphatic rings. The van der Waals surface area contributed by atoms with Crippen molar-refractivity contribution in [3.8, 4) is 11.5 Å². The van der Waals surface area contributed by atoms with Gasteiger partial charge in [0.15, 0.2) is 5.75 Å². The van der Waals surface area contributed by atoms with Crippen LogP contribution in [-0.2, 0) is 0 Å². The lowest BCUT2D eigenvalue weighted by molar-refractivity contribution is 0.490. The van der Waals surface area contributed by atoms with Gasteiger partial charge in [0.2, 0.25) is 0 Å². The fraction of sp³-hybridized carbons (Fsp3) is 0. The van der Waals surface area contributed by atoms with Crippen LogP contribution in [0.2, 0.25) is 10.0 Å². The molecule has 0 amide bonds. The van der Waals surface area contributed by atoms with E-state index >= 15 is 0 Å². The summed E-state index contributed by atoms with van der Waals surface area (Å²) >= 11 is 12.1. The van der Waals surface area contributed by atoms with Crippen molar-refractivity contribution in [1.82, 2.24) is 4.98 Å². The summed E-state index contributed by atoms with van der Waals surface area (Å²) in [5, 5.41) is 1.83.